The molecule has 0 atom stereocenters. The summed E-state index contributed by atoms with van der Waals surface area (Å²) in [4.78, 5) is 1.34. The molecule has 0 aliphatic rings. The van der Waals surface area contributed by atoms with Crippen LogP contribution in [0, 0.1) is 6.92 Å². The van der Waals surface area contributed by atoms with Gasteiger partial charge in [-0.05, 0) is 49.6 Å². The van der Waals surface area contributed by atoms with Gasteiger partial charge in [-0.1, -0.05) is 6.07 Å². The number of hydrogen-bond acceptors (Lipinski definition) is 3. The quantitative estimate of drug-likeness (QED) is 0.587. The average molecular weight is 239 g/mol. The van der Waals surface area contributed by atoms with E-state index >= 15 is 0 Å². The number of hydrogen-bond donors (Lipinski definition) is 1. The van der Waals surface area contributed by atoms with E-state index in [1.54, 1.807) is 7.11 Å². The van der Waals surface area contributed by atoms with E-state index in [0.29, 0.717) is 0 Å². The Morgan fingerprint density at radius 3 is 2.81 bits per heavy atom. The van der Waals surface area contributed by atoms with Gasteiger partial charge in [-0.25, -0.2) is 0 Å². The second-order valence-corrected chi connectivity index (χ2v) is 4.99. The maximum absolute atomic E-state index is 5.56. The minimum atomic E-state index is 0.723. The Morgan fingerprint density at radius 1 is 1.38 bits per heavy atom. The van der Waals surface area contributed by atoms with Crippen LogP contribution in [-0.4, -0.2) is 26.0 Å². The van der Waals surface area contributed by atoms with Crippen LogP contribution in [0.1, 0.15) is 17.5 Å². The van der Waals surface area contributed by atoms with E-state index in [-0.39, 0.29) is 0 Å². The van der Waals surface area contributed by atoms with Crippen molar-refractivity contribution >= 4 is 11.8 Å². The van der Waals surface area contributed by atoms with E-state index in [1.807, 2.05) is 11.8 Å². The van der Waals surface area contributed by atoms with Gasteiger partial charge in [-0.15, -0.1) is 11.8 Å². The number of methoxy groups -OCH3 is 1. The average Bonchev–Trinajstić information content (AvgIpc) is 2.28. The van der Waals surface area contributed by atoms with Crippen molar-refractivity contribution in [3.63, 3.8) is 0 Å². The summed E-state index contributed by atoms with van der Waals surface area (Å²) in [6.07, 6.45) is 2.07. The maximum Gasteiger partial charge on any atom is 0.0470 e. The number of ether oxygens (including phenoxy) is 1. The molecular formula is C13H21NOS. The van der Waals surface area contributed by atoms with E-state index < -0.39 is 0 Å². The Labute approximate surface area is 103 Å². The SMILES string of the molecule is COCCCSc1ccc(CCN)c(C)c1. The molecule has 1 aromatic carbocycles. The van der Waals surface area contributed by atoms with Gasteiger partial charge in [-0.3, -0.25) is 0 Å². The van der Waals surface area contributed by atoms with Gasteiger partial charge < -0.3 is 10.5 Å². The first-order valence-electron chi connectivity index (χ1n) is 5.69. The second kappa shape index (κ2) is 7.71. The molecule has 0 unspecified atom stereocenters. The first-order valence-corrected chi connectivity index (χ1v) is 6.68. The van der Waals surface area contributed by atoms with Gasteiger partial charge in [0.1, 0.15) is 0 Å². The molecule has 0 saturated heterocycles. The fourth-order valence-corrected chi connectivity index (χ4v) is 2.51. The highest BCUT2D eigenvalue weighted by Gasteiger charge is 2.00. The zero-order chi connectivity index (χ0) is 11.8. The Hall–Kier alpha value is -0.510. The summed E-state index contributed by atoms with van der Waals surface area (Å²) in [5.74, 6) is 1.11. The minimum Gasteiger partial charge on any atom is -0.385 e. The molecule has 3 heteroatoms. The van der Waals surface area contributed by atoms with Gasteiger partial charge in [0.2, 0.25) is 0 Å². The van der Waals surface area contributed by atoms with Crippen LogP contribution in [0.5, 0.6) is 0 Å². The van der Waals surface area contributed by atoms with Gasteiger partial charge >= 0.3 is 0 Å². The van der Waals surface area contributed by atoms with E-state index in [4.69, 9.17) is 10.5 Å². The molecule has 0 fully saturated rings. The van der Waals surface area contributed by atoms with Gasteiger partial charge in [0.25, 0.3) is 0 Å². The molecule has 0 saturated carbocycles. The Morgan fingerprint density at radius 2 is 2.19 bits per heavy atom. The summed E-state index contributed by atoms with van der Waals surface area (Å²) in [6, 6.07) is 6.64. The molecule has 0 spiro atoms. The molecule has 0 aliphatic carbocycles. The molecule has 0 heterocycles. The van der Waals surface area contributed by atoms with Gasteiger partial charge in [0, 0.05) is 24.4 Å². The molecule has 0 amide bonds. The van der Waals surface area contributed by atoms with Crippen molar-refractivity contribution in [1.29, 1.82) is 0 Å². The van der Waals surface area contributed by atoms with Crippen LogP contribution in [0.15, 0.2) is 23.1 Å². The van der Waals surface area contributed by atoms with E-state index in [0.717, 1.165) is 31.7 Å². The largest absolute Gasteiger partial charge is 0.385 e. The number of benzene rings is 1. The third kappa shape index (κ3) is 4.56. The van der Waals surface area contributed by atoms with Crippen LogP contribution in [0.4, 0.5) is 0 Å². The van der Waals surface area contributed by atoms with Gasteiger partial charge in [0.05, 0.1) is 0 Å². The summed E-state index contributed by atoms with van der Waals surface area (Å²) < 4.78 is 5.03. The third-order valence-corrected chi connectivity index (χ3v) is 3.57. The van der Waals surface area contributed by atoms with Gasteiger partial charge in [-0.2, -0.15) is 0 Å². The molecule has 1 aromatic rings. The molecule has 1 rings (SSSR count). The van der Waals surface area contributed by atoms with Crippen molar-refractivity contribution in [2.24, 2.45) is 5.73 Å². The van der Waals surface area contributed by atoms with E-state index in [2.05, 4.69) is 25.1 Å². The summed E-state index contributed by atoms with van der Waals surface area (Å²) in [5, 5.41) is 0. The highest BCUT2D eigenvalue weighted by atomic mass is 32.2. The lowest BCUT2D eigenvalue weighted by Gasteiger charge is -2.07. The topological polar surface area (TPSA) is 35.2 Å². The molecule has 0 aliphatic heterocycles. The molecule has 2 N–H and O–H groups in total. The number of rotatable bonds is 7. The molecule has 0 bridgehead atoms. The Bertz CT molecular complexity index is 315. The van der Waals surface area contributed by atoms with Crippen LogP contribution >= 0.6 is 11.8 Å². The third-order valence-electron chi connectivity index (χ3n) is 2.49. The van der Waals surface area contributed by atoms with Crippen molar-refractivity contribution in [3.05, 3.63) is 29.3 Å². The predicted octanol–water partition coefficient (Wildman–Crippen LogP) is 2.62. The van der Waals surface area contributed by atoms with Crippen molar-refractivity contribution in [1.82, 2.24) is 0 Å². The second-order valence-electron chi connectivity index (χ2n) is 3.82. The summed E-state index contributed by atoms with van der Waals surface area (Å²) >= 11 is 1.89. The molecule has 0 aromatic heterocycles. The molecule has 0 radical (unpaired) electrons. The first kappa shape index (κ1) is 13.6. The Balaban J connectivity index is 2.46. The fraction of sp³-hybridized carbons (Fsp3) is 0.538. The molecular weight excluding hydrogens is 218 g/mol. The van der Waals surface area contributed by atoms with Gasteiger partial charge in [0.15, 0.2) is 0 Å². The predicted molar refractivity (Wildman–Crippen MR) is 71.2 cm³/mol. The number of aryl methyl sites for hydroxylation is 1. The lowest BCUT2D eigenvalue weighted by Crippen LogP contribution is -2.04. The van der Waals surface area contributed by atoms with Crippen molar-refractivity contribution in [2.45, 2.75) is 24.7 Å². The van der Waals surface area contributed by atoms with Crippen molar-refractivity contribution < 1.29 is 4.74 Å². The lowest BCUT2D eigenvalue weighted by molar-refractivity contribution is 0.200. The summed E-state index contributed by atoms with van der Waals surface area (Å²) in [5.41, 5.74) is 8.28. The zero-order valence-corrected chi connectivity index (χ0v) is 11.0. The van der Waals surface area contributed by atoms with Crippen LogP contribution in [0.25, 0.3) is 0 Å². The molecule has 90 valence electrons. The molecule has 2 nitrogen and oxygen atoms in total. The normalized spacial score (nSPS) is 10.7. The summed E-state index contributed by atoms with van der Waals surface area (Å²) in [7, 11) is 1.75. The zero-order valence-electron chi connectivity index (χ0n) is 10.2. The van der Waals surface area contributed by atoms with Crippen LogP contribution in [-0.2, 0) is 11.2 Å². The minimum absolute atomic E-state index is 0.723. The lowest BCUT2D eigenvalue weighted by atomic mass is 10.1. The molecule has 16 heavy (non-hydrogen) atoms. The number of thioether (sulfide) groups is 1. The van der Waals surface area contributed by atoms with Crippen molar-refractivity contribution in [3.8, 4) is 0 Å². The highest BCUT2D eigenvalue weighted by molar-refractivity contribution is 7.99. The fourth-order valence-electron chi connectivity index (χ4n) is 1.59. The number of nitrogens with two attached hydrogens (primary N) is 1. The van der Waals surface area contributed by atoms with Crippen LogP contribution in [0.2, 0.25) is 0 Å². The van der Waals surface area contributed by atoms with Crippen molar-refractivity contribution in [2.75, 3.05) is 26.0 Å². The monoisotopic (exact) mass is 239 g/mol. The smallest absolute Gasteiger partial charge is 0.0470 e. The van der Waals surface area contributed by atoms with Crippen LogP contribution in [0.3, 0.4) is 0 Å². The Kier molecular flexibility index (Phi) is 6.53. The highest BCUT2D eigenvalue weighted by Crippen LogP contribution is 2.22. The van der Waals surface area contributed by atoms with Crippen LogP contribution < -0.4 is 5.73 Å². The first-order chi connectivity index (χ1) is 7.77. The standard InChI is InChI=1S/C13H21NOS/c1-11-10-13(16-9-3-8-15-2)5-4-12(11)6-7-14/h4-5,10H,3,6-9,14H2,1-2H3. The maximum atomic E-state index is 5.56. The summed E-state index contributed by atoms with van der Waals surface area (Å²) in [6.45, 7) is 3.72. The van der Waals surface area contributed by atoms with E-state index in [9.17, 15) is 0 Å². The van der Waals surface area contributed by atoms with E-state index in [1.165, 1.54) is 16.0 Å².